The minimum absolute atomic E-state index is 0.0512. The largest absolute Gasteiger partial charge is 0.462 e. The third-order valence-electron chi connectivity index (χ3n) is 4.27. The van der Waals surface area contributed by atoms with Gasteiger partial charge in [0.2, 0.25) is 5.91 Å². The van der Waals surface area contributed by atoms with Crippen LogP contribution in [0, 0.1) is 6.92 Å². The van der Waals surface area contributed by atoms with Crippen LogP contribution < -0.4 is 16.3 Å². The number of nitrogens with zero attached hydrogens (tertiary/aromatic N) is 3. The summed E-state index contributed by atoms with van der Waals surface area (Å²) in [4.78, 5) is 44.0. The second kappa shape index (κ2) is 8.66. The van der Waals surface area contributed by atoms with Gasteiger partial charge in [0.1, 0.15) is 9.71 Å². The number of carbonyl (C=O) groups excluding carboxylic acids is 2. The van der Waals surface area contributed by atoms with Crippen LogP contribution in [0.5, 0.6) is 0 Å². The van der Waals surface area contributed by atoms with Crippen LogP contribution in [0.15, 0.2) is 40.3 Å². The van der Waals surface area contributed by atoms with E-state index in [9.17, 15) is 14.4 Å². The molecule has 0 aliphatic rings. The number of para-hydroxylation sites is 1. The first-order chi connectivity index (χ1) is 13.8. The molecule has 0 unspecified atom stereocenters. The number of benzene rings is 1. The molecular formula is C19H20N4O4S2. The van der Waals surface area contributed by atoms with Gasteiger partial charge in [-0.25, -0.2) is 14.5 Å². The summed E-state index contributed by atoms with van der Waals surface area (Å²) < 4.78 is 5.95. The lowest BCUT2D eigenvalue weighted by Gasteiger charge is -2.17. The Bertz CT molecular complexity index is 1120. The molecule has 10 heteroatoms. The number of fused-ring (bicyclic) bond motifs is 1. The van der Waals surface area contributed by atoms with Gasteiger partial charge in [-0.15, -0.1) is 11.3 Å². The van der Waals surface area contributed by atoms with E-state index in [0.717, 1.165) is 33.5 Å². The fourth-order valence-electron chi connectivity index (χ4n) is 2.69. The molecule has 0 bridgehead atoms. The molecule has 0 aliphatic carbocycles. The summed E-state index contributed by atoms with van der Waals surface area (Å²) in [6.45, 7) is 3.61. The van der Waals surface area contributed by atoms with Crippen molar-refractivity contribution < 1.29 is 14.3 Å². The number of carbonyl (C=O) groups is 2. The summed E-state index contributed by atoms with van der Waals surface area (Å²) in [6.07, 6.45) is 0. The molecular weight excluding hydrogens is 412 g/mol. The molecule has 152 valence electrons. The number of amides is 1. The minimum atomic E-state index is -0.496. The van der Waals surface area contributed by atoms with Gasteiger partial charge in [0, 0.05) is 12.7 Å². The van der Waals surface area contributed by atoms with Gasteiger partial charge in [0.15, 0.2) is 5.16 Å². The van der Waals surface area contributed by atoms with Gasteiger partial charge in [-0.2, -0.15) is 0 Å². The van der Waals surface area contributed by atoms with Crippen molar-refractivity contribution in [2.24, 2.45) is 0 Å². The van der Waals surface area contributed by atoms with E-state index in [1.807, 2.05) is 30.3 Å². The van der Waals surface area contributed by atoms with E-state index in [2.05, 4.69) is 4.98 Å². The number of aromatic nitrogens is 2. The van der Waals surface area contributed by atoms with Crippen molar-refractivity contribution in [3.8, 4) is 0 Å². The number of nitrogens with two attached hydrogens (primary N) is 1. The first-order valence-corrected chi connectivity index (χ1v) is 10.6. The Morgan fingerprint density at radius 2 is 2.00 bits per heavy atom. The van der Waals surface area contributed by atoms with Crippen LogP contribution in [-0.4, -0.2) is 40.9 Å². The number of rotatable bonds is 6. The first kappa shape index (κ1) is 20.9. The zero-order valence-electron chi connectivity index (χ0n) is 16.2. The first-order valence-electron chi connectivity index (χ1n) is 8.77. The number of ether oxygens (including phenoxy) is 1. The Morgan fingerprint density at radius 3 is 2.66 bits per heavy atom. The van der Waals surface area contributed by atoms with E-state index in [4.69, 9.17) is 10.6 Å². The summed E-state index contributed by atoms with van der Waals surface area (Å²) in [7, 11) is 1.68. The third-order valence-corrected chi connectivity index (χ3v) is 6.37. The quantitative estimate of drug-likeness (QED) is 0.276. The number of hydrogen-bond acceptors (Lipinski definition) is 8. The van der Waals surface area contributed by atoms with Crippen molar-refractivity contribution in [1.29, 1.82) is 0 Å². The van der Waals surface area contributed by atoms with Gasteiger partial charge in [-0.05, 0) is 31.5 Å². The fraction of sp³-hybridized carbons (Fsp3) is 0.263. The summed E-state index contributed by atoms with van der Waals surface area (Å²) >= 11 is 2.15. The Kier molecular flexibility index (Phi) is 6.23. The Balaban J connectivity index is 1.86. The minimum Gasteiger partial charge on any atom is -0.462 e. The van der Waals surface area contributed by atoms with E-state index in [0.29, 0.717) is 15.3 Å². The van der Waals surface area contributed by atoms with Crippen LogP contribution in [-0.2, 0) is 9.53 Å². The van der Waals surface area contributed by atoms with Gasteiger partial charge in [0.25, 0.3) is 5.56 Å². The molecule has 2 aromatic heterocycles. The lowest BCUT2D eigenvalue weighted by Crippen LogP contribution is -2.31. The van der Waals surface area contributed by atoms with Crippen LogP contribution >= 0.6 is 23.1 Å². The molecule has 29 heavy (non-hydrogen) atoms. The maximum atomic E-state index is 12.7. The topological polar surface area (TPSA) is 108 Å². The zero-order valence-corrected chi connectivity index (χ0v) is 17.8. The Labute approximate surface area is 175 Å². The van der Waals surface area contributed by atoms with Gasteiger partial charge >= 0.3 is 5.97 Å². The van der Waals surface area contributed by atoms with Crippen molar-refractivity contribution >= 4 is 50.9 Å². The van der Waals surface area contributed by atoms with Gasteiger partial charge < -0.3 is 15.5 Å². The van der Waals surface area contributed by atoms with Crippen LogP contribution in [0.1, 0.15) is 22.2 Å². The number of thioether (sulfide) groups is 1. The highest BCUT2D eigenvalue weighted by atomic mass is 32.2. The van der Waals surface area contributed by atoms with E-state index in [1.54, 1.807) is 20.9 Å². The maximum absolute atomic E-state index is 12.7. The zero-order chi connectivity index (χ0) is 21.1. The standard InChI is InChI=1S/C19H20N4O4S2/c1-4-27-18(26)15-11(2)14-16(29-15)21-19(23(20)17(14)25)28-10-13(24)22(3)12-8-6-5-7-9-12/h5-9H,4,10,20H2,1-3H3. The summed E-state index contributed by atoms with van der Waals surface area (Å²) in [5.41, 5.74) is 0.793. The molecule has 0 aliphatic heterocycles. The number of hydrogen-bond donors (Lipinski definition) is 1. The van der Waals surface area contributed by atoms with E-state index in [1.165, 1.54) is 4.90 Å². The molecule has 8 nitrogen and oxygen atoms in total. The molecule has 3 rings (SSSR count). The number of esters is 1. The highest BCUT2D eigenvalue weighted by molar-refractivity contribution is 7.99. The van der Waals surface area contributed by atoms with Crippen LogP contribution in [0.25, 0.3) is 10.2 Å². The molecule has 3 aromatic rings. The normalized spacial score (nSPS) is 10.9. The molecule has 0 atom stereocenters. The maximum Gasteiger partial charge on any atom is 0.348 e. The fourth-order valence-corrected chi connectivity index (χ4v) is 4.64. The summed E-state index contributed by atoms with van der Waals surface area (Å²) in [5, 5.41) is 0.492. The van der Waals surface area contributed by atoms with Crippen LogP contribution in [0.3, 0.4) is 0 Å². The average Bonchev–Trinajstić information content (AvgIpc) is 3.06. The average molecular weight is 433 g/mol. The van der Waals surface area contributed by atoms with Crippen molar-refractivity contribution in [3.63, 3.8) is 0 Å². The van der Waals surface area contributed by atoms with Gasteiger partial charge in [-0.3, -0.25) is 9.59 Å². The summed E-state index contributed by atoms with van der Waals surface area (Å²) in [5.74, 6) is 5.31. The van der Waals surface area contributed by atoms with Crippen LogP contribution in [0.2, 0.25) is 0 Å². The lowest BCUT2D eigenvalue weighted by molar-refractivity contribution is -0.115. The highest BCUT2D eigenvalue weighted by Crippen LogP contribution is 2.29. The van der Waals surface area contributed by atoms with E-state index < -0.39 is 11.5 Å². The van der Waals surface area contributed by atoms with Gasteiger partial charge in [-0.1, -0.05) is 30.0 Å². The SMILES string of the molecule is CCOC(=O)c1sc2nc(SCC(=O)N(C)c3ccccc3)n(N)c(=O)c2c1C. The molecule has 2 heterocycles. The second-order valence-electron chi connectivity index (χ2n) is 6.10. The molecule has 0 spiro atoms. The highest BCUT2D eigenvalue weighted by Gasteiger charge is 2.22. The monoisotopic (exact) mass is 432 g/mol. The smallest absolute Gasteiger partial charge is 0.348 e. The van der Waals surface area contributed by atoms with E-state index in [-0.39, 0.29) is 28.8 Å². The van der Waals surface area contributed by atoms with Crippen LogP contribution in [0.4, 0.5) is 5.69 Å². The molecule has 0 fully saturated rings. The Hall–Kier alpha value is -2.85. The molecule has 1 amide bonds. The molecule has 0 radical (unpaired) electrons. The number of nitrogen functional groups attached to an aromatic ring is 1. The number of thiophene rings is 1. The number of anilines is 1. The van der Waals surface area contributed by atoms with E-state index >= 15 is 0 Å². The lowest BCUT2D eigenvalue weighted by atomic mass is 10.2. The Morgan fingerprint density at radius 1 is 1.31 bits per heavy atom. The third kappa shape index (κ3) is 4.13. The molecule has 2 N–H and O–H groups in total. The van der Waals surface area contributed by atoms with Crippen molar-refractivity contribution in [2.75, 3.05) is 30.1 Å². The van der Waals surface area contributed by atoms with Crippen molar-refractivity contribution in [3.05, 3.63) is 51.1 Å². The molecule has 0 saturated carbocycles. The second-order valence-corrected chi connectivity index (χ2v) is 8.04. The van der Waals surface area contributed by atoms with Gasteiger partial charge in [0.05, 0.1) is 17.7 Å². The molecule has 0 saturated heterocycles. The van der Waals surface area contributed by atoms with Crippen molar-refractivity contribution in [1.82, 2.24) is 9.66 Å². The summed E-state index contributed by atoms with van der Waals surface area (Å²) in [6, 6.07) is 9.23. The van der Waals surface area contributed by atoms with Crippen molar-refractivity contribution in [2.45, 2.75) is 19.0 Å². The predicted octanol–water partition coefficient (Wildman–Crippen LogP) is 2.41. The molecule has 1 aromatic carbocycles. The number of aryl methyl sites for hydroxylation is 1. The predicted molar refractivity (Wildman–Crippen MR) is 115 cm³/mol.